The van der Waals surface area contributed by atoms with Crippen LogP contribution in [0.5, 0.6) is 0 Å². The summed E-state index contributed by atoms with van der Waals surface area (Å²) in [5, 5.41) is 7.86. The van der Waals surface area contributed by atoms with E-state index in [2.05, 4.69) is 136 Å². The van der Waals surface area contributed by atoms with Crippen molar-refractivity contribution in [3.8, 4) is 40.1 Å². The van der Waals surface area contributed by atoms with Crippen molar-refractivity contribution < 1.29 is 0 Å². The smallest absolute Gasteiger partial charge is 0.221 e. The van der Waals surface area contributed by atoms with Crippen molar-refractivity contribution in [2.24, 2.45) is 0 Å². The van der Waals surface area contributed by atoms with Crippen LogP contribution in [0.4, 0.5) is 0 Å². The van der Waals surface area contributed by atoms with Crippen LogP contribution in [-0.2, 0) is 0 Å². The molecular weight excluding hydrogens is 687 g/mol. The Morgan fingerprint density at radius 1 is 0.339 bits per heavy atom. The zero-order valence-electron chi connectivity index (χ0n) is 29.9. The van der Waals surface area contributed by atoms with Crippen LogP contribution in [0.1, 0.15) is 0 Å². The number of rotatable bonds is 4. The van der Waals surface area contributed by atoms with Crippen molar-refractivity contribution in [3.05, 3.63) is 176 Å². The van der Waals surface area contributed by atoms with E-state index in [0.29, 0.717) is 17.5 Å². The third kappa shape index (κ3) is 4.61. The standard InChI is InChI=1S/C49H29N7/c1-2-14-32(15-3-1)45-52-46(34-23-22-30-12-4-5-16-33(30)28-34)54-47(53-45)35-25-26-41-38(29-35)44-36-17-7-6-13-31(36)24-27-43(44)55(41)49-51-39-19-9-8-18-37(39)48-50-40-20-10-11-21-42(40)56(48)49/h1-29H. The molecular formula is C49H29N7. The summed E-state index contributed by atoms with van der Waals surface area (Å²) in [5.41, 5.74) is 8.53. The van der Waals surface area contributed by atoms with Gasteiger partial charge in [0.25, 0.3) is 0 Å². The van der Waals surface area contributed by atoms with E-state index < -0.39 is 0 Å². The summed E-state index contributed by atoms with van der Waals surface area (Å²) >= 11 is 0. The molecule has 0 aliphatic heterocycles. The first-order chi connectivity index (χ1) is 27.7. The maximum atomic E-state index is 5.39. The van der Waals surface area contributed by atoms with Crippen molar-refractivity contribution in [2.45, 2.75) is 0 Å². The van der Waals surface area contributed by atoms with Gasteiger partial charge in [0.15, 0.2) is 17.5 Å². The predicted molar refractivity (Wildman–Crippen MR) is 227 cm³/mol. The van der Waals surface area contributed by atoms with Gasteiger partial charge < -0.3 is 0 Å². The van der Waals surface area contributed by atoms with Gasteiger partial charge in [0, 0.05) is 32.8 Å². The molecule has 0 atom stereocenters. The minimum atomic E-state index is 0.608. The monoisotopic (exact) mass is 715 g/mol. The molecule has 0 aliphatic carbocycles. The minimum Gasteiger partial charge on any atom is -0.279 e. The molecule has 0 saturated carbocycles. The van der Waals surface area contributed by atoms with E-state index >= 15 is 0 Å². The molecule has 0 bridgehead atoms. The largest absolute Gasteiger partial charge is 0.279 e. The van der Waals surface area contributed by atoms with Crippen LogP contribution in [0, 0.1) is 0 Å². The Morgan fingerprint density at radius 2 is 0.946 bits per heavy atom. The number of aromatic nitrogens is 7. The van der Waals surface area contributed by atoms with E-state index in [0.717, 1.165) is 82.8 Å². The molecule has 8 aromatic carbocycles. The van der Waals surface area contributed by atoms with Gasteiger partial charge in [-0.3, -0.25) is 8.97 Å². The fraction of sp³-hybridized carbons (Fsp3) is 0. The molecule has 4 heterocycles. The zero-order chi connectivity index (χ0) is 36.7. The number of benzene rings is 8. The van der Waals surface area contributed by atoms with Crippen LogP contribution >= 0.6 is 0 Å². The van der Waals surface area contributed by atoms with Crippen molar-refractivity contribution in [1.29, 1.82) is 0 Å². The highest BCUT2D eigenvalue weighted by molar-refractivity contribution is 6.22. The highest BCUT2D eigenvalue weighted by atomic mass is 15.2. The first-order valence-corrected chi connectivity index (χ1v) is 18.7. The first kappa shape index (κ1) is 30.7. The van der Waals surface area contributed by atoms with Gasteiger partial charge in [-0.15, -0.1) is 0 Å². The molecule has 7 nitrogen and oxygen atoms in total. The highest BCUT2D eigenvalue weighted by Crippen LogP contribution is 2.40. The van der Waals surface area contributed by atoms with Crippen molar-refractivity contribution in [3.63, 3.8) is 0 Å². The van der Waals surface area contributed by atoms with Crippen molar-refractivity contribution in [1.82, 2.24) is 33.9 Å². The van der Waals surface area contributed by atoms with E-state index in [4.69, 9.17) is 24.9 Å². The molecule has 0 aliphatic rings. The Morgan fingerprint density at radius 3 is 1.79 bits per heavy atom. The topological polar surface area (TPSA) is 73.8 Å². The first-order valence-electron chi connectivity index (χ1n) is 18.7. The Kier molecular flexibility index (Phi) is 6.50. The van der Waals surface area contributed by atoms with Crippen LogP contribution in [0.2, 0.25) is 0 Å². The second-order valence-electron chi connectivity index (χ2n) is 14.2. The van der Waals surface area contributed by atoms with Gasteiger partial charge in [0.05, 0.1) is 27.6 Å². The molecule has 12 aromatic rings. The Balaban J connectivity index is 1.16. The molecule has 12 rings (SSSR count). The van der Waals surface area contributed by atoms with Gasteiger partial charge >= 0.3 is 0 Å². The van der Waals surface area contributed by atoms with Gasteiger partial charge in [0.2, 0.25) is 5.95 Å². The lowest BCUT2D eigenvalue weighted by atomic mass is 10.0. The molecule has 0 unspecified atom stereocenters. The van der Waals surface area contributed by atoms with E-state index in [1.807, 2.05) is 48.5 Å². The number of para-hydroxylation sites is 3. The lowest BCUT2D eigenvalue weighted by Crippen LogP contribution is -2.06. The average molecular weight is 716 g/mol. The summed E-state index contributed by atoms with van der Waals surface area (Å²) in [6.45, 7) is 0. The quantitative estimate of drug-likeness (QED) is 0.181. The van der Waals surface area contributed by atoms with Gasteiger partial charge in [0.1, 0.15) is 5.65 Å². The molecule has 56 heavy (non-hydrogen) atoms. The van der Waals surface area contributed by atoms with Crippen LogP contribution in [0.25, 0.3) is 111 Å². The lowest BCUT2D eigenvalue weighted by molar-refractivity contribution is 0.979. The van der Waals surface area contributed by atoms with Crippen LogP contribution in [0.3, 0.4) is 0 Å². The second kappa shape index (κ2) is 11.9. The summed E-state index contributed by atoms with van der Waals surface area (Å²) in [5.74, 6) is 2.64. The molecule has 0 spiro atoms. The van der Waals surface area contributed by atoms with Crippen molar-refractivity contribution in [2.75, 3.05) is 0 Å². The Hall–Kier alpha value is -7.77. The maximum absolute atomic E-state index is 5.39. The molecule has 0 saturated heterocycles. The molecule has 0 N–H and O–H groups in total. The second-order valence-corrected chi connectivity index (χ2v) is 14.2. The predicted octanol–water partition coefficient (Wildman–Crippen LogP) is 11.6. The van der Waals surface area contributed by atoms with E-state index in [1.165, 1.54) is 10.8 Å². The number of nitrogens with zero attached hydrogens (tertiary/aromatic N) is 7. The summed E-state index contributed by atoms with van der Waals surface area (Å²) in [6, 6.07) is 60.9. The number of imidazole rings is 1. The fourth-order valence-corrected chi connectivity index (χ4v) is 8.30. The maximum Gasteiger partial charge on any atom is 0.221 e. The normalized spacial score (nSPS) is 11.9. The summed E-state index contributed by atoms with van der Waals surface area (Å²) in [4.78, 5) is 25.9. The number of fused-ring (bicyclic) bond motifs is 11. The van der Waals surface area contributed by atoms with E-state index in [1.54, 1.807) is 0 Å². The molecule has 260 valence electrons. The third-order valence-electron chi connectivity index (χ3n) is 10.9. The van der Waals surface area contributed by atoms with Gasteiger partial charge in [-0.25, -0.2) is 24.9 Å². The minimum absolute atomic E-state index is 0.608. The zero-order valence-corrected chi connectivity index (χ0v) is 29.9. The van der Waals surface area contributed by atoms with E-state index in [-0.39, 0.29) is 0 Å². The molecule has 4 aromatic heterocycles. The molecule has 0 radical (unpaired) electrons. The molecule has 0 amide bonds. The highest BCUT2D eigenvalue weighted by Gasteiger charge is 2.22. The summed E-state index contributed by atoms with van der Waals surface area (Å²) in [6.07, 6.45) is 0. The number of hydrogen-bond acceptors (Lipinski definition) is 5. The van der Waals surface area contributed by atoms with Gasteiger partial charge in [-0.1, -0.05) is 121 Å². The average Bonchev–Trinajstić information content (AvgIpc) is 3.83. The fourth-order valence-electron chi connectivity index (χ4n) is 8.30. The summed E-state index contributed by atoms with van der Waals surface area (Å²) in [7, 11) is 0. The van der Waals surface area contributed by atoms with Crippen LogP contribution in [0.15, 0.2) is 176 Å². The Labute approximate surface area is 319 Å². The molecule has 0 fully saturated rings. The molecule has 7 heteroatoms. The van der Waals surface area contributed by atoms with Gasteiger partial charge in [-0.2, -0.15) is 0 Å². The van der Waals surface area contributed by atoms with Crippen molar-refractivity contribution >= 4 is 70.9 Å². The third-order valence-corrected chi connectivity index (χ3v) is 10.9. The number of hydrogen-bond donors (Lipinski definition) is 0. The van der Waals surface area contributed by atoms with Crippen LogP contribution < -0.4 is 0 Å². The van der Waals surface area contributed by atoms with E-state index in [9.17, 15) is 0 Å². The lowest BCUT2D eigenvalue weighted by Gasteiger charge is -2.13. The van der Waals surface area contributed by atoms with Crippen LogP contribution in [-0.4, -0.2) is 33.9 Å². The summed E-state index contributed by atoms with van der Waals surface area (Å²) < 4.78 is 4.49. The SMILES string of the molecule is c1ccc(-c2nc(-c3ccc4ccccc4c3)nc(-c3ccc4c(c3)c3c5ccccc5ccc3n4-c3nc4ccccc4c4nc5ccccc5n34)n2)cc1. The van der Waals surface area contributed by atoms with Gasteiger partial charge in [-0.05, 0) is 76.1 Å². The Bertz CT molecular complexity index is 3550.